The molecule has 2 unspecified atom stereocenters. The average Bonchev–Trinajstić information content (AvgIpc) is 2.89. The highest BCUT2D eigenvalue weighted by molar-refractivity contribution is 7.10. The maximum Gasteiger partial charge on any atom is 0.0804 e. The molecule has 2 nitrogen and oxygen atoms in total. The van der Waals surface area contributed by atoms with Crippen molar-refractivity contribution in [3.8, 4) is 0 Å². The van der Waals surface area contributed by atoms with Crippen molar-refractivity contribution in [3.05, 3.63) is 21.9 Å². The molecule has 82 valence electrons. The summed E-state index contributed by atoms with van der Waals surface area (Å²) in [5.41, 5.74) is 1.59. The van der Waals surface area contributed by atoms with E-state index in [-0.39, 0.29) is 5.54 Å². The Morgan fingerprint density at radius 3 is 3.33 bits per heavy atom. The van der Waals surface area contributed by atoms with E-state index < -0.39 is 0 Å². The number of hydrogen-bond donors (Lipinski definition) is 1. The van der Waals surface area contributed by atoms with Gasteiger partial charge < -0.3 is 10.1 Å². The minimum absolute atomic E-state index is 0.0677. The summed E-state index contributed by atoms with van der Waals surface area (Å²) in [6.07, 6.45) is 3.94. The third-order valence-corrected chi connectivity index (χ3v) is 4.87. The van der Waals surface area contributed by atoms with Crippen molar-refractivity contribution in [2.24, 2.45) is 0 Å². The van der Waals surface area contributed by atoms with E-state index in [1.54, 1.807) is 0 Å². The Bertz CT molecular complexity index is 356. The van der Waals surface area contributed by atoms with Gasteiger partial charge in [-0.25, -0.2) is 0 Å². The van der Waals surface area contributed by atoms with Crippen LogP contribution in [0, 0.1) is 0 Å². The fourth-order valence-corrected chi connectivity index (χ4v) is 3.96. The van der Waals surface area contributed by atoms with Gasteiger partial charge in [-0.15, -0.1) is 11.3 Å². The van der Waals surface area contributed by atoms with Gasteiger partial charge in [0, 0.05) is 18.0 Å². The molecule has 0 spiro atoms. The zero-order valence-corrected chi connectivity index (χ0v) is 9.90. The lowest BCUT2D eigenvalue weighted by Gasteiger charge is -2.39. The monoisotopic (exact) mass is 223 g/mol. The number of rotatable bonds is 1. The van der Waals surface area contributed by atoms with Crippen LogP contribution in [-0.2, 0) is 16.7 Å². The summed E-state index contributed by atoms with van der Waals surface area (Å²) in [6.45, 7) is 4.32. The molecule has 3 rings (SSSR count). The van der Waals surface area contributed by atoms with Crippen LogP contribution in [0.3, 0.4) is 0 Å². The van der Waals surface area contributed by atoms with Crippen LogP contribution >= 0.6 is 11.3 Å². The molecular formula is C12H17NOS. The zero-order chi connectivity index (χ0) is 10.3. The van der Waals surface area contributed by atoms with Crippen molar-refractivity contribution in [2.45, 2.75) is 37.8 Å². The third kappa shape index (κ3) is 1.45. The Balaban J connectivity index is 1.99. The number of nitrogens with one attached hydrogen (secondary N) is 1. The number of thiophene rings is 1. The van der Waals surface area contributed by atoms with E-state index in [0.717, 1.165) is 13.2 Å². The van der Waals surface area contributed by atoms with Gasteiger partial charge in [0.15, 0.2) is 0 Å². The summed E-state index contributed by atoms with van der Waals surface area (Å²) in [5.74, 6) is 0. The summed E-state index contributed by atoms with van der Waals surface area (Å²) < 4.78 is 5.87. The molecule has 1 fully saturated rings. The van der Waals surface area contributed by atoms with Crippen LogP contribution in [0.2, 0.25) is 0 Å². The van der Waals surface area contributed by atoms with E-state index >= 15 is 0 Å². The molecular weight excluding hydrogens is 206 g/mol. The third-order valence-electron chi connectivity index (χ3n) is 3.68. The first-order valence-electron chi connectivity index (χ1n) is 5.74. The lowest BCUT2D eigenvalue weighted by atomic mass is 9.85. The normalized spacial score (nSPS) is 35.4. The maximum absolute atomic E-state index is 5.87. The van der Waals surface area contributed by atoms with E-state index in [1.807, 2.05) is 11.3 Å². The van der Waals surface area contributed by atoms with Crippen molar-refractivity contribution in [3.63, 3.8) is 0 Å². The molecule has 1 saturated heterocycles. The second kappa shape index (κ2) is 3.58. The second-order valence-corrected chi connectivity index (χ2v) is 5.57. The Morgan fingerprint density at radius 1 is 1.60 bits per heavy atom. The van der Waals surface area contributed by atoms with Crippen LogP contribution in [0.5, 0.6) is 0 Å². The van der Waals surface area contributed by atoms with Crippen LogP contribution in [-0.4, -0.2) is 19.3 Å². The van der Waals surface area contributed by atoms with Gasteiger partial charge in [-0.2, -0.15) is 0 Å². The van der Waals surface area contributed by atoms with Crippen molar-refractivity contribution in [2.75, 3.05) is 13.2 Å². The number of ether oxygens (including phenoxy) is 1. The van der Waals surface area contributed by atoms with Crippen LogP contribution in [0.4, 0.5) is 0 Å². The minimum atomic E-state index is 0.0677. The van der Waals surface area contributed by atoms with Gasteiger partial charge in [0.05, 0.1) is 11.6 Å². The SMILES string of the molecule is CC1(C2CCCO2)NCCc2ccsc21. The lowest BCUT2D eigenvalue weighted by Crippen LogP contribution is -2.52. The molecule has 0 saturated carbocycles. The Kier molecular flexibility index (Phi) is 2.34. The summed E-state index contributed by atoms with van der Waals surface area (Å²) >= 11 is 1.88. The van der Waals surface area contributed by atoms with Gasteiger partial charge in [0.2, 0.25) is 0 Å². The van der Waals surface area contributed by atoms with E-state index in [2.05, 4.69) is 23.7 Å². The first-order chi connectivity index (χ1) is 7.31. The highest BCUT2D eigenvalue weighted by Crippen LogP contribution is 2.39. The molecule has 1 aromatic heterocycles. The smallest absolute Gasteiger partial charge is 0.0804 e. The summed E-state index contributed by atoms with van der Waals surface area (Å²) in [4.78, 5) is 1.50. The fourth-order valence-electron chi connectivity index (χ4n) is 2.82. The number of hydrogen-bond acceptors (Lipinski definition) is 3. The quantitative estimate of drug-likeness (QED) is 0.788. The first-order valence-corrected chi connectivity index (χ1v) is 6.62. The molecule has 3 heteroatoms. The Hall–Kier alpha value is -0.380. The standard InChI is InChI=1S/C12H17NOS/c1-12(10-3-2-7-14-10)11-9(4-6-13-12)5-8-15-11/h5,8,10,13H,2-4,6-7H2,1H3. The topological polar surface area (TPSA) is 21.3 Å². The number of fused-ring (bicyclic) bond motifs is 1. The largest absolute Gasteiger partial charge is 0.376 e. The van der Waals surface area contributed by atoms with Crippen molar-refractivity contribution < 1.29 is 4.74 Å². The molecule has 0 radical (unpaired) electrons. The summed E-state index contributed by atoms with van der Waals surface area (Å²) in [6, 6.07) is 2.27. The van der Waals surface area contributed by atoms with Crippen LogP contribution in [0.25, 0.3) is 0 Å². The Labute approximate surface area is 94.6 Å². The zero-order valence-electron chi connectivity index (χ0n) is 9.08. The molecule has 2 aliphatic heterocycles. The van der Waals surface area contributed by atoms with Gasteiger partial charge in [-0.05, 0) is 43.2 Å². The highest BCUT2D eigenvalue weighted by atomic mass is 32.1. The molecule has 1 N–H and O–H groups in total. The predicted octanol–water partition coefficient (Wildman–Crippen LogP) is 2.29. The van der Waals surface area contributed by atoms with Gasteiger partial charge >= 0.3 is 0 Å². The van der Waals surface area contributed by atoms with E-state index in [4.69, 9.17) is 4.74 Å². The van der Waals surface area contributed by atoms with Gasteiger partial charge in [0.1, 0.15) is 0 Å². The van der Waals surface area contributed by atoms with Crippen LogP contribution in [0.1, 0.15) is 30.2 Å². The molecule has 0 aliphatic carbocycles. The molecule has 0 aromatic carbocycles. The minimum Gasteiger partial charge on any atom is -0.376 e. The fraction of sp³-hybridized carbons (Fsp3) is 0.667. The van der Waals surface area contributed by atoms with E-state index in [0.29, 0.717) is 6.10 Å². The first kappa shape index (κ1) is 9.82. The molecule has 3 heterocycles. The van der Waals surface area contributed by atoms with E-state index in [1.165, 1.54) is 29.7 Å². The van der Waals surface area contributed by atoms with E-state index in [9.17, 15) is 0 Å². The van der Waals surface area contributed by atoms with Gasteiger partial charge in [-0.3, -0.25) is 0 Å². The molecule has 0 amide bonds. The predicted molar refractivity (Wildman–Crippen MR) is 62.4 cm³/mol. The Morgan fingerprint density at radius 2 is 2.53 bits per heavy atom. The maximum atomic E-state index is 5.87. The average molecular weight is 223 g/mol. The van der Waals surface area contributed by atoms with Gasteiger partial charge in [-0.1, -0.05) is 0 Å². The second-order valence-electron chi connectivity index (χ2n) is 4.66. The van der Waals surface area contributed by atoms with Crippen molar-refractivity contribution in [1.82, 2.24) is 5.32 Å². The van der Waals surface area contributed by atoms with Crippen LogP contribution < -0.4 is 5.32 Å². The van der Waals surface area contributed by atoms with Gasteiger partial charge in [0.25, 0.3) is 0 Å². The molecule has 2 aliphatic rings. The summed E-state index contributed by atoms with van der Waals surface area (Å²) in [7, 11) is 0. The van der Waals surface area contributed by atoms with Crippen molar-refractivity contribution >= 4 is 11.3 Å². The molecule has 15 heavy (non-hydrogen) atoms. The van der Waals surface area contributed by atoms with Crippen LogP contribution in [0.15, 0.2) is 11.4 Å². The molecule has 2 atom stereocenters. The highest BCUT2D eigenvalue weighted by Gasteiger charge is 2.42. The van der Waals surface area contributed by atoms with Crippen molar-refractivity contribution in [1.29, 1.82) is 0 Å². The molecule has 1 aromatic rings. The summed E-state index contributed by atoms with van der Waals surface area (Å²) in [5, 5.41) is 5.88. The molecule has 0 bridgehead atoms. The lowest BCUT2D eigenvalue weighted by molar-refractivity contribution is 0.0327.